The van der Waals surface area contributed by atoms with Gasteiger partial charge in [-0.2, -0.15) is 0 Å². The molecule has 0 spiro atoms. The number of carboxylic acid groups (broad SMARTS) is 1. The van der Waals surface area contributed by atoms with Crippen LogP contribution in [-0.2, 0) is 19.4 Å². The van der Waals surface area contributed by atoms with Gasteiger partial charge in [0.05, 0.1) is 11.7 Å². The SMILES string of the molecule is CC1CCCC(CC(=O)O)(c2ccc(Oc3ccc(Cl)cc3)cc2)S1(=O)=O. The van der Waals surface area contributed by atoms with Crippen molar-refractivity contribution in [1.82, 2.24) is 0 Å². The average Bonchev–Trinajstić information content (AvgIpc) is 2.61. The highest BCUT2D eigenvalue weighted by molar-refractivity contribution is 7.93. The maximum Gasteiger partial charge on any atom is 0.305 e. The predicted octanol–water partition coefficient (Wildman–Crippen LogP) is 4.79. The maximum atomic E-state index is 13.1. The van der Waals surface area contributed by atoms with Crippen molar-refractivity contribution in [2.45, 2.75) is 42.6 Å². The first-order chi connectivity index (χ1) is 12.7. The summed E-state index contributed by atoms with van der Waals surface area (Å²) in [5, 5.41) is 9.42. The van der Waals surface area contributed by atoms with Crippen LogP contribution in [-0.4, -0.2) is 24.7 Å². The number of halogens is 1. The Morgan fingerprint density at radius 3 is 2.26 bits per heavy atom. The molecule has 1 heterocycles. The van der Waals surface area contributed by atoms with Crippen LogP contribution in [0.5, 0.6) is 11.5 Å². The fraction of sp³-hybridized carbons (Fsp3) is 0.350. The zero-order valence-electron chi connectivity index (χ0n) is 14.9. The molecule has 2 atom stereocenters. The summed E-state index contributed by atoms with van der Waals surface area (Å²) >= 11 is 5.86. The number of hydrogen-bond donors (Lipinski definition) is 1. The third-order valence-corrected chi connectivity index (χ3v) is 8.35. The zero-order valence-corrected chi connectivity index (χ0v) is 16.5. The molecule has 0 saturated carbocycles. The Labute approximate surface area is 163 Å². The lowest BCUT2D eigenvalue weighted by Gasteiger charge is -2.39. The van der Waals surface area contributed by atoms with E-state index in [1.807, 2.05) is 0 Å². The molecule has 0 bridgehead atoms. The molecule has 2 unspecified atom stereocenters. The third kappa shape index (κ3) is 3.82. The molecule has 5 nitrogen and oxygen atoms in total. The maximum absolute atomic E-state index is 13.1. The van der Waals surface area contributed by atoms with Crippen LogP contribution in [0.25, 0.3) is 0 Å². The van der Waals surface area contributed by atoms with Gasteiger partial charge in [-0.25, -0.2) is 8.42 Å². The minimum atomic E-state index is -3.62. The van der Waals surface area contributed by atoms with Gasteiger partial charge in [0.2, 0.25) is 0 Å². The summed E-state index contributed by atoms with van der Waals surface area (Å²) in [6, 6.07) is 13.5. The van der Waals surface area contributed by atoms with E-state index in [1.54, 1.807) is 55.5 Å². The quantitative estimate of drug-likeness (QED) is 0.769. The van der Waals surface area contributed by atoms with Gasteiger partial charge in [-0.15, -0.1) is 0 Å². The van der Waals surface area contributed by atoms with E-state index in [1.165, 1.54) is 0 Å². The molecule has 0 aromatic heterocycles. The van der Waals surface area contributed by atoms with Crippen molar-refractivity contribution in [1.29, 1.82) is 0 Å². The lowest BCUT2D eigenvalue weighted by molar-refractivity contribution is -0.137. The topological polar surface area (TPSA) is 80.7 Å². The minimum absolute atomic E-state index is 0.309. The number of carbonyl (C=O) groups is 1. The van der Waals surface area contributed by atoms with Crippen LogP contribution >= 0.6 is 11.6 Å². The molecule has 0 aliphatic carbocycles. The van der Waals surface area contributed by atoms with E-state index in [0.29, 0.717) is 41.3 Å². The third-order valence-electron chi connectivity index (χ3n) is 5.13. The Morgan fingerprint density at radius 2 is 1.70 bits per heavy atom. The van der Waals surface area contributed by atoms with Crippen LogP contribution in [0, 0.1) is 0 Å². The molecule has 1 saturated heterocycles. The van der Waals surface area contributed by atoms with Crippen LogP contribution in [0.3, 0.4) is 0 Å². The molecular weight excluding hydrogens is 388 g/mol. The molecular formula is C20H21ClO5S. The number of hydrogen-bond acceptors (Lipinski definition) is 4. The molecule has 2 aromatic rings. The van der Waals surface area contributed by atoms with E-state index >= 15 is 0 Å². The molecule has 0 amide bonds. The number of sulfone groups is 1. The molecule has 7 heteroatoms. The van der Waals surface area contributed by atoms with Crippen molar-refractivity contribution in [3.8, 4) is 11.5 Å². The van der Waals surface area contributed by atoms with Crippen LogP contribution in [0.2, 0.25) is 5.02 Å². The van der Waals surface area contributed by atoms with E-state index < -0.39 is 32.2 Å². The molecule has 3 rings (SSSR count). The van der Waals surface area contributed by atoms with Gasteiger partial charge in [-0.3, -0.25) is 4.79 Å². The molecule has 0 radical (unpaired) electrons. The number of carboxylic acids is 1. The monoisotopic (exact) mass is 408 g/mol. The molecule has 2 aromatic carbocycles. The summed E-state index contributed by atoms with van der Waals surface area (Å²) in [6.07, 6.45) is 1.11. The number of aliphatic carboxylic acids is 1. The van der Waals surface area contributed by atoms with E-state index in [-0.39, 0.29) is 0 Å². The van der Waals surface area contributed by atoms with E-state index in [4.69, 9.17) is 16.3 Å². The Morgan fingerprint density at radius 1 is 1.15 bits per heavy atom. The summed E-state index contributed by atoms with van der Waals surface area (Å²) in [7, 11) is -3.62. The summed E-state index contributed by atoms with van der Waals surface area (Å²) in [4.78, 5) is 11.5. The smallest absolute Gasteiger partial charge is 0.305 e. The van der Waals surface area contributed by atoms with Gasteiger partial charge in [-0.05, 0) is 61.7 Å². The molecule has 144 valence electrons. The largest absolute Gasteiger partial charge is 0.481 e. The van der Waals surface area contributed by atoms with Crippen LogP contribution in [0.15, 0.2) is 48.5 Å². The van der Waals surface area contributed by atoms with E-state index in [9.17, 15) is 18.3 Å². The van der Waals surface area contributed by atoms with E-state index in [0.717, 1.165) is 0 Å². The molecule has 1 N–H and O–H groups in total. The highest BCUT2D eigenvalue weighted by atomic mass is 35.5. The first-order valence-electron chi connectivity index (χ1n) is 8.74. The second kappa shape index (κ2) is 7.52. The molecule has 1 aliphatic rings. The standard InChI is InChI=1S/C20H21ClO5S/c1-14-3-2-12-20(13-19(22)23,27(14,24)25)15-4-8-17(9-5-15)26-18-10-6-16(21)7-11-18/h4-11,14H,2-3,12-13H2,1H3,(H,22,23). The zero-order chi connectivity index (χ0) is 19.7. The Bertz CT molecular complexity index is 922. The minimum Gasteiger partial charge on any atom is -0.481 e. The second-order valence-electron chi connectivity index (χ2n) is 6.89. The van der Waals surface area contributed by atoms with Crippen molar-refractivity contribution in [3.05, 3.63) is 59.1 Å². The van der Waals surface area contributed by atoms with Crippen LogP contribution < -0.4 is 4.74 Å². The fourth-order valence-corrected chi connectivity index (χ4v) is 6.26. The molecule has 1 fully saturated rings. The van der Waals surface area contributed by atoms with Gasteiger partial charge in [0.15, 0.2) is 9.84 Å². The summed E-state index contributed by atoms with van der Waals surface area (Å²) in [5.74, 6) is 0.0216. The van der Waals surface area contributed by atoms with Gasteiger partial charge in [0, 0.05) is 5.02 Å². The van der Waals surface area contributed by atoms with Crippen molar-refractivity contribution in [3.63, 3.8) is 0 Å². The van der Waals surface area contributed by atoms with Crippen molar-refractivity contribution < 1.29 is 23.1 Å². The normalized spacial score (nSPS) is 24.3. The van der Waals surface area contributed by atoms with Crippen LogP contribution in [0.4, 0.5) is 0 Å². The first-order valence-corrected chi connectivity index (χ1v) is 10.7. The Kier molecular flexibility index (Phi) is 5.49. The first kappa shape index (κ1) is 19.7. The molecule has 27 heavy (non-hydrogen) atoms. The van der Waals surface area contributed by atoms with Gasteiger partial charge in [0.25, 0.3) is 0 Å². The van der Waals surface area contributed by atoms with Gasteiger partial charge < -0.3 is 9.84 Å². The average molecular weight is 409 g/mol. The Hall–Kier alpha value is -2.05. The van der Waals surface area contributed by atoms with Gasteiger partial charge in [-0.1, -0.05) is 30.2 Å². The second-order valence-corrected chi connectivity index (χ2v) is 10.0. The molecule has 1 aliphatic heterocycles. The summed E-state index contributed by atoms with van der Waals surface area (Å²) in [5.41, 5.74) is 0.500. The Balaban J connectivity index is 1.94. The predicted molar refractivity (Wildman–Crippen MR) is 104 cm³/mol. The highest BCUT2D eigenvalue weighted by Crippen LogP contribution is 2.46. The lowest BCUT2D eigenvalue weighted by Crippen LogP contribution is -2.46. The van der Waals surface area contributed by atoms with Crippen LogP contribution in [0.1, 0.15) is 38.2 Å². The number of rotatable bonds is 5. The van der Waals surface area contributed by atoms with Crippen molar-refractivity contribution in [2.75, 3.05) is 0 Å². The van der Waals surface area contributed by atoms with Gasteiger partial charge in [0.1, 0.15) is 16.2 Å². The highest BCUT2D eigenvalue weighted by Gasteiger charge is 2.51. The summed E-state index contributed by atoms with van der Waals surface area (Å²) in [6.45, 7) is 1.66. The van der Waals surface area contributed by atoms with Crippen molar-refractivity contribution >= 4 is 27.4 Å². The van der Waals surface area contributed by atoms with Crippen molar-refractivity contribution in [2.24, 2.45) is 0 Å². The number of ether oxygens (including phenoxy) is 1. The van der Waals surface area contributed by atoms with E-state index in [2.05, 4.69) is 0 Å². The number of benzene rings is 2. The summed E-state index contributed by atoms with van der Waals surface area (Å²) < 4.78 is 30.5. The lowest BCUT2D eigenvalue weighted by atomic mass is 9.88. The van der Waals surface area contributed by atoms with Gasteiger partial charge >= 0.3 is 5.97 Å². The fourth-order valence-electron chi connectivity index (χ4n) is 3.67.